The summed E-state index contributed by atoms with van der Waals surface area (Å²) in [5, 5.41) is 0.0617. The van der Waals surface area contributed by atoms with Gasteiger partial charge in [0.05, 0.1) is 11.6 Å². The van der Waals surface area contributed by atoms with E-state index in [0.717, 1.165) is 29.7 Å². The molecule has 3 atom stereocenters. The summed E-state index contributed by atoms with van der Waals surface area (Å²) < 4.78 is 12.4. The van der Waals surface area contributed by atoms with Crippen LogP contribution in [0.15, 0.2) is 22.9 Å². The van der Waals surface area contributed by atoms with Crippen LogP contribution in [0.3, 0.4) is 0 Å². The maximum atomic E-state index is 6.11. The normalized spacial score (nSPS) is 27.6. The molecule has 1 aliphatic rings. The minimum absolute atomic E-state index is 0.00408. The first-order valence-corrected chi connectivity index (χ1v) is 6.96. The zero-order valence-electron chi connectivity index (χ0n) is 9.61. The lowest BCUT2D eigenvalue weighted by Crippen LogP contribution is -2.52. The third-order valence-electron chi connectivity index (χ3n) is 2.66. The number of nitrogens with zero attached hydrogens (tertiary/aromatic N) is 1. The van der Waals surface area contributed by atoms with Crippen LogP contribution in [0.5, 0.6) is 5.75 Å². The van der Waals surface area contributed by atoms with Crippen LogP contribution in [0.25, 0.3) is 0 Å². The van der Waals surface area contributed by atoms with Gasteiger partial charge < -0.3 is 9.47 Å². The van der Waals surface area contributed by atoms with Gasteiger partial charge in [0.2, 0.25) is 0 Å². The predicted octanol–water partition coefficient (Wildman–Crippen LogP) is 3.40. The molecule has 0 amide bonds. The van der Waals surface area contributed by atoms with Crippen molar-refractivity contribution in [1.29, 1.82) is 0 Å². The summed E-state index contributed by atoms with van der Waals surface area (Å²) in [6.45, 7) is 2.81. The van der Waals surface area contributed by atoms with Gasteiger partial charge in [0, 0.05) is 23.7 Å². The summed E-state index contributed by atoms with van der Waals surface area (Å²) in [7, 11) is 0. The number of pyridine rings is 1. The van der Waals surface area contributed by atoms with Crippen LogP contribution in [0.2, 0.25) is 0 Å². The van der Waals surface area contributed by atoms with Crippen molar-refractivity contribution in [3.63, 3.8) is 0 Å². The molecule has 0 aromatic carbocycles. The molecule has 5 heteroatoms. The molecule has 94 valence electrons. The van der Waals surface area contributed by atoms with Crippen molar-refractivity contribution in [2.24, 2.45) is 0 Å². The molecular formula is C12H15BrClNO2. The van der Waals surface area contributed by atoms with Gasteiger partial charge in [-0.1, -0.05) is 6.92 Å². The minimum atomic E-state index is -0.00408. The second-order valence-electron chi connectivity index (χ2n) is 4.08. The van der Waals surface area contributed by atoms with Crippen molar-refractivity contribution in [2.75, 3.05) is 6.61 Å². The van der Waals surface area contributed by atoms with E-state index in [9.17, 15) is 0 Å². The maximum absolute atomic E-state index is 6.11. The summed E-state index contributed by atoms with van der Waals surface area (Å²) >= 11 is 9.47. The Bertz CT molecular complexity index is 377. The van der Waals surface area contributed by atoms with Gasteiger partial charge in [-0.15, -0.1) is 11.6 Å². The van der Waals surface area contributed by atoms with E-state index >= 15 is 0 Å². The first-order chi connectivity index (χ1) is 8.20. The van der Waals surface area contributed by atoms with Gasteiger partial charge in [-0.3, -0.25) is 4.98 Å². The highest BCUT2D eigenvalue weighted by Crippen LogP contribution is 2.33. The highest BCUT2D eigenvalue weighted by atomic mass is 79.9. The van der Waals surface area contributed by atoms with E-state index in [1.807, 2.05) is 6.07 Å². The van der Waals surface area contributed by atoms with Gasteiger partial charge in [0.25, 0.3) is 0 Å². The van der Waals surface area contributed by atoms with E-state index in [0.29, 0.717) is 0 Å². The van der Waals surface area contributed by atoms with E-state index in [1.165, 1.54) is 0 Å². The molecule has 1 aromatic heterocycles. The molecule has 0 N–H and O–H groups in total. The summed E-state index contributed by atoms with van der Waals surface area (Å²) in [5.41, 5.74) is 0. The Labute approximate surface area is 115 Å². The standard InChI is InChI=1S/C12H15BrClNO2/c1-2-3-16-12-10(14)5-11(12)17-9-4-8(13)6-15-7-9/h4,6-7,10-12H,2-3,5H2,1H3. The van der Waals surface area contributed by atoms with Crippen LogP contribution in [0, 0.1) is 0 Å². The molecule has 0 saturated heterocycles. The topological polar surface area (TPSA) is 31.4 Å². The van der Waals surface area contributed by atoms with Crippen molar-refractivity contribution < 1.29 is 9.47 Å². The Kier molecular flexibility index (Phi) is 4.65. The van der Waals surface area contributed by atoms with E-state index in [1.54, 1.807) is 12.4 Å². The lowest BCUT2D eigenvalue weighted by Gasteiger charge is -2.40. The van der Waals surface area contributed by atoms with E-state index < -0.39 is 0 Å². The molecular weight excluding hydrogens is 305 g/mol. The van der Waals surface area contributed by atoms with Gasteiger partial charge in [0.1, 0.15) is 18.0 Å². The number of halogens is 2. The van der Waals surface area contributed by atoms with Gasteiger partial charge in [-0.2, -0.15) is 0 Å². The van der Waals surface area contributed by atoms with Gasteiger partial charge in [-0.05, 0) is 28.4 Å². The Morgan fingerprint density at radius 2 is 2.35 bits per heavy atom. The van der Waals surface area contributed by atoms with Crippen molar-refractivity contribution in [1.82, 2.24) is 4.98 Å². The second kappa shape index (κ2) is 6.03. The molecule has 17 heavy (non-hydrogen) atoms. The molecule has 3 unspecified atom stereocenters. The van der Waals surface area contributed by atoms with Crippen LogP contribution >= 0.6 is 27.5 Å². The Morgan fingerprint density at radius 3 is 3.00 bits per heavy atom. The molecule has 2 rings (SSSR count). The molecule has 1 fully saturated rings. The number of aromatic nitrogens is 1. The van der Waals surface area contributed by atoms with Crippen LogP contribution in [0.1, 0.15) is 19.8 Å². The quantitative estimate of drug-likeness (QED) is 0.779. The third kappa shape index (κ3) is 3.33. The van der Waals surface area contributed by atoms with Crippen LogP contribution in [-0.4, -0.2) is 29.2 Å². The average Bonchev–Trinajstić information content (AvgIpc) is 2.29. The van der Waals surface area contributed by atoms with Crippen molar-refractivity contribution in [3.05, 3.63) is 22.9 Å². The molecule has 3 nitrogen and oxygen atoms in total. The largest absolute Gasteiger partial charge is 0.486 e. The Morgan fingerprint density at radius 1 is 1.53 bits per heavy atom. The zero-order chi connectivity index (χ0) is 12.3. The smallest absolute Gasteiger partial charge is 0.139 e. The van der Waals surface area contributed by atoms with Crippen molar-refractivity contribution in [2.45, 2.75) is 37.4 Å². The van der Waals surface area contributed by atoms with Crippen molar-refractivity contribution >= 4 is 27.5 Å². The Hall–Kier alpha value is -0.320. The molecule has 0 radical (unpaired) electrons. The number of alkyl halides is 1. The number of hydrogen-bond acceptors (Lipinski definition) is 3. The summed E-state index contributed by atoms with van der Waals surface area (Å²) in [6, 6.07) is 1.89. The molecule has 0 spiro atoms. The van der Waals surface area contributed by atoms with Crippen LogP contribution in [0.4, 0.5) is 0 Å². The summed E-state index contributed by atoms with van der Waals surface area (Å²) in [6.07, 6.45) is 5.27. The average molecular weight is 321 g/mol. The van der Waals surface area contributed by atoms with E-state index in [4.69, 9.17) is 21.1 Å². The third-order valence-corrected chi connectivity index (χ3v) is 3.52. The van der Waals surface area contributed by atoms with E-state index in [-0.39, 0.29) is 17.6 Å². The highest BCUT2D eigenvalue weighted by Gasteiger charge is 2.42. The molecule has 1 heterocycles. The number of ether oxygens (including phenoxy) is 2. The fourth-order valence-electron chi connectivity index (χ4n) is 1.74. The minimum Gasteiger partial charge on any atom is -0.486 e. The van der Waals surface area contributed by atoms with Crippen molar-refractivity contribution in [3.8, 4) is 5.75 Å². The first kappa shape index (κ1) is 13.1. The molecule has 0 aliphatic heterocycles. The predicted molar refractivity (Wildman–Crippen MR) is 70.6 cm³/mol. The second-order valence-corrected chi connectivity index (χ2v) is 5.56. The molecule has 1 aliphatic carbocycles. The van der Waals surface area contributed by atoms with E-state index in [2.05, 4.69) is 27.8 Å². The summed E-state index contributed by atoms with van der Waals surface area (Å²) in [5.74, 6) is 0.748. The number of rotatable bonds is 5. The monoisotopic (exact) mass is 319 g/mol. The summed E-state index contributed by atoms with van der Waals surface area (Å²) in [4.78, 5) is 4.06. The molecule has 1 aromatic rings. The fraction of sp³-hybridized carbons (Fsp3) is 0.583. The lowest BCUT2D eigenvalue weighted by atomic mass is 9.91. The van der Waals surface area contributed by atoms with Crippen LogP contribution in [-0.2, 0) is 4.74 Å². The lowest BCUT2D eigenvalue weighted by molar-refractivity contribution is -0.0798. The molecule has 1 saturated carbocycles. The van der Waals surface area contributed by atoms with Gasteiger partial charge in [-0.25, -0.2) is 0 Å². The Balaban J connectivity index is 1.91. The highest BCUT2D eigenvalue weighted by molar-refractivity contribution is 9.10. The van der Waals surface area contributed by atoms with Crippen LogP contribution < -0.4 is 4.74 Å². The first-order valence-electron chi connectivity index (χ1n) is 5.73. The van der Waals surface area contributed by atoms with Gasteiger partial charge >= 0.3 is 0 Å². The fourth-order valence-corrected chi connectivity index (χ4v) is 2.49. The maximum Gasteiger partial charge on any atom is 0.139 e. The molecule has 0 bridgehead atoms. The number of hydrogen-bond donors (Lipinski definition) is 0. The zero-order valence-corrected chi connectivity index (χ0v) is 11.9. The SMILES string of the molecule is CCCOC1C(Cl)CC1Oc1cncc(Br)c1. The van der Waals surface area contributed by atoms with Gasteiger partial charge in [0.15, 0.2) is 0 Å².